The van der Waals surface area contributed by atoms with Crippen LogP contribution in [0.5, 0.6) is 0 Å². The summed E-state index contributed by atoms with van der Waals surface area (Å²) in [7, 11) is -3.18. The average molecular weight is 316 g/mol. The van der Waals surface area contributed by atoms with Crippen LogP contribution in [0.1, 0.15) is 49.7 Å². The van der Waals surface area contributed by atoms with Crippen LogP contribution in [-0.4, -0.2) is 24.0 Å². The second-order valence-corrected chi connectivity index (χ2v) is 8.64. The molecule has 1 aromatic carbocycles. The van der Waals surface area contributed by atoms with Gasteiger partial charge >= 0.3 is 0 Å². The first-order valence-corrected chi connectivity index (χ1v) is 8.77. The maximum Gasteiger partial charge on any atom is 0.263 e. The number of alkyl halides is 2. The lowest BCUT2D eigenvalue weighted by atomic mass is 9.80. The van der Waals surface area contributed by atoms with E-state index < -0.39 is 32.4 Å². The van der Waals surface area contributed by atoms with Gasteiger partial charge in [-0.3, -0.25) is 0 Å². The van der Waals surface area contributed by atoms with E-state index in [9.17, 15) is 22.3 Å². The third kappa shape index (κ3) is 2.48. The van der Waals surface area contributed by atoms with Crippen LogP contribution in [0, 0.1) is 0 Å². The Morgan fingerprint density at radius 2 is 1.81 bits per heavy atom. The van der Waals surface area contributed by atoms with E-state index in [1.807, 2.05) is 0 Å². The minimum Gasteiger partial charge on any atom is -0.385 e. The molecule has 3 nitrogen and oxygen atoms in total. The molecule has 6 heteroatoms. The van der Waals surface area contributed by atoms with Gasteiger partial charge in [0.2, 0.25) is 0 Å². The molecule has 0 aromatic heterocycles. The molecular formula is C15H18F2O3S. The first-order chi connectivity index (χ1) is 9.83. The molecule has 2 atom stereocenters. The van der Waals surface area contributed by atoms with Crippen LogP contribution in [0.2, 0.25) is 0 Å². The molecule has 0 amide bonds. The van der Waals surface area contributed by atoms with Crippen LogP contribution < -0.4 is 0 Å². The van der Waals surface area contributed by atoms with Crippen LogP contribution >= 0.6 is 0 Å². The van der Waals surface area contributed by atoms with E-state index in [1.165, 1.54) is 18.2 Å². The molecule has 21 heavy (non-hydrogen) atoms. The second kappa shape index (κ2) is 5.02. The quantitative estimate of drug-likeness (QED) is 0.912. The molecule has 1 N–H and O–H groups in total. The van der Waals surface area contributed by atoms with Crippen molar-refractivity contribution in [3.63, 3.8) is 0 Å². The van der Waals surface area contributed by atoms with Crippen LogP contribution in [0.25, 0.3) is 0 Å². The summed E-state index contributed by atoms with van der Waals surface area (Å²) in [6.45, 7) is 0. The van der Waals surface area contributed by atoms with Crippen molar-refractivity contribution < 1.29 is 22.3 Å². The van der Waals surface area contributed by atoms with E-state index in [1.54, 1.807) is 6.07 Å². The molecule has 1 aromatic rings. The molecule has 2 aliphatic rings. The molecule has 2 bridgehead atoms. The number of halogens is 2. The van der Waals surface area contributed by atoms with Gasteiger partial charge in [-0.2, -0.15) is 0 Å². The number of fused-ring (bicyclic) bond motifs is 2. The van der Waals surface area contributed by atoms with Crippen LogP contribution in [0.15, 0.2) is 24.3 Å². The van der Waals surface area contributed by atoms with Gasteiger partial charge in [-0.1, -0.05) is 24.6 Å². The second-order valence-electron chi connectivity index (χ2n) is 6.13. The number of rotatable bonds is 2. The summed E-state index contributed by atoms with van der Waals surface area (Å²) in [5.74, 6) is 0. The van der Waals surface area contributed by atoms with Crippen molar-refractivity contribution in [1.82, 2.24) is 0 Å². The molecule has 3 rings (SSSR count). The lowest BCUT2D eigenvalue weighted by molar-refractivity contribution is 0.00473. The highest BCUT2D eigenvalue weighted by Gasteiger charge is 2.50. The van der Waals surface area contributed by atoms with E-state index in [4.69, 9.17) is 0 Å². The number of benzene rings is 1. The fourth-order valence-electron chi connectivity index (χ4n) is 3.65. The fourth-order valence-corrected chi connectivity index (χ4v) is 6.20. The summed E-state index contributed by atoms with van der Waals surface area (Å²) in [5.41, 5.74) is -1.04. The zero-order valence-electron chi connectivity index (χ0n) is 11.5. The largest absolute Gasteiger partial charge is 0.385 e. The monoisotopic (exact) mass is 316 g/mol. The predicted molar refractivity (Wildman–Crippen MR) is 74.9 cm³/mol. The number of hydrogen-bond acceptors (Lipinski definition) is 3. The van der Waals surface area contributed by atoms with E-state index in [0.717, 1.165) is 6.42 Å². The third-order valence-electron chi connectivity index (χ3n) is 4.79. The Labute approximate surface area is 122 Å². The molecule has 0 radical (unpaired) electrons. The van der Waals surface area contributed by atoms with Gasteiger partial charge in [0.05, 0.1) is 16.1 Å². The highest BCUT2D eigenvalue weighted by Crippen LogP contribution is 2.46. The lowest BCUT2D eigenvalue weighted by Crippen LogP contribution is -2.50. The van der Waals surface area contributed by atoms with E-state index in [-0.39, 0.29) is 18.4 Å². The summed E-state index contributed by atoms with van der Waals surface area (Å²) in [5, 5.41) is 9.78. The smallest absolute Gasteiger partial charge is 0.263 e. The summed E-state index contributed by atoms with van der Waals surface area (Å²) >= 11 is 0. The third-order valence-corrected chi connectivity index (χ3v) is 7.45. The molecule has 0 saturated carbocycles. The van der Waals surface area contributed by atoms with E-state index >= 15 is 0 Å². The first kappa shape index (κ1) is 14.9. The van der Waals surface area contributed by atoms with Gasteiger partial charge in [0.15, 0.2) is 9.84 Å². The zero-order chi connectivity index (χ0) is 15.3. The highest BCUT2D eigenvalue weighted by molar-refractivity contribution is 7.92. The van der Waals surface area contributed by atoms with Crippen LogP contribution in [0.3, 0.4) is 0 Å². The summed E-state index contributed by atoms with van der Waals surface area (Å²) in [6.07, 6.45) is -0.426. The maximum absolute atomic E-state index is 12.8. The van der Waals surface area contributed by atoms with E-state index in [2.05, 4.69) is 0 Å². The van der Waals surface area contributed by atoms with Crippen molar-refractivity contribution in [2.24, 2.45) is 0 Å². The van der Waals surface area contributed by atoms with Crippen molar-refractivity contribution in [2.45, 2.75) is 54.6 Å². The van der Waals surface area contributed by atoms with Gasteiger partial charge < -0.3 is 5.11 Å². The Balaban J connectivity index is 1.97. The van der Waals surface area contributed by atoms with Crippen molar-refractivity contribution >= 4 is 9.84 Å². The average Bonchev–Trinajstić information content (AvgIpc) is 2.41. The first-order valence-electron chi connectivity index (χ1n) is 7.16. The Hall–Kier alpha value is -1.01. The molecular weight excluding hydrogens is 298 g/mol. The lowest BCUT2D eigenvalue weighted by Gasteiger charge is -2.44. The molecule has 0 aliphatic carbocycles. The normalized spacial score (nSPS) is 34.9. The van der Waals surface area contributed by atoms with E-state index in [0.29, 0.717) is 18.4 Å². The minimum absolute atomic E-state index is 0.110. The number of aliphatic hydroxyl groups is 1. The summed E-state index contributed by atoms with van der Waals surface area (Å²) in [6, 6.07) is 5.73. The Morgan fingerprint density at radius 3 is 2.38 bits per heavy atom. The van der Waals surface area contributed by atoms with Crippen molar-refractivity contribution in [1.29, 1.82) is 0 Å². The van der Waals surface area contributed by atoms with Gasteiger partial charge in [-0.15, -0.1) is 0 Å². The molecule has 2 fully saturated rings. The minimum atomic E-state index is -3.18. The number of sulfone groups is 1. The van der Waals surface area contributed by atoms with Gasteiger partial charge in [-0.25, -0.2) is 17.2 Å². The standard InChI is InChI=1S/C15H18F2O3S/c16-14(17)10-3-1-4-11(7-10)15(18)8-12-5-2-6-13(9-15)21(12,19)20/h1,3-4,7,12-14,18H,2,5-6,8-9H2. The SMILES string of the molecule is O=S1(=O)C2CCCC1CC(O)(c1cccc(C(F)F)c1)C2. The van der Waals surface area contributed by atoms with Crippen molar-refractivity contribution in [3.8, 4) is 0 Å². The van der Waals surface area contributed by atoms with Gasteiger partial charge in [0.1, 0.15) is 0 Å². The predicted octanol–water partition coefficient (Wildman–Crippen LogP) is 2.94. The highest BCUT2D eigenvalue weighted by atomic mass is 32.2. The molecule has 0 spiro atoms. The molecule has 2 unspecified atom stereocenters. The van der Waals surface area contributed by atoms with Gasteiger partial charge in [0.25, 0.3) is 6.43 Å². The summed E-state index contributed by atoms with van der Waals surface area (Å²) < 4.78 is 50.1. The number of hydrogen-bond donors (Lipinski definition) is 1. The van der Waals surface area contributed by atoms with Gasteiger partial charge in [-0.05, 0) is 37.3 Å². The van der Waals surface area contributed by atoms with Gasteiger partial charge in [0, 0.05) is 5.56 Å². The summed E-state index contributed by atoms with van der Waals surface area (Å²) in [4.78, 5) is 0. The molecule has 2 heterocycles. The Bertz CT molecular complexity index is 622. The van der Waals surface area contributed by atoms with Crippen molar-refractivity contribution in [2.75, 3.05) is 0 Å². The molecule has 2 aliphatic heterocycles. The maximum atomic E-state index is 12.8. The molecule has 116 valence electrons. The zero-order valence-corrected chi connectivity index (χ0v) is 12.3. The van der Waals surface area contributed by atoms with Crippen LogP contribution in [-0.2, 0) is 15.4 Å². The Kier molecular flexibility index (Phi) is 3.56. The molecule has 2 saturated heterocycles. The fraction of sp³-hybridized carbons (Fsp3) is 0.600. The Morgan fingerprint density at radius 1 is 1.19 bits per heavy atom. The van der Waals surface area contributed by atoms with Crippen LogP contribution in [0.4, 0.5) is 8.78 Å². The topological polar surface area (TPSA) is 54.4 Å². The van der Waals surface area contributed by atoms with Crippen molar-refractivity contribution in [3.05, 3.63) is 35.4 Å².